The van der Waals surface area contributed by atoms with Crippen LogP contribution in [-0.4, -0.2) is 19.2 Å². The van der Waals surface area contributed by atoms with E-state index in [9.17, 15) is 0 Å². The van der Waals surface area contributed by atoms with E-state index in [0.717, 1.165) is 17.2 Å². The van der Waals surface area contributed by atoms with Gasteiger partial charge in [-0.1, -0.05) is 36.9 Å². The summed E-state index contributed by atoms with van der Waals surface area (Å²) in [5, 5.41) is 4.23. The summed E-state index contributed by atoms with van der Waals surface area (Å²) in [5.41, 5.74) is 0.356. The molecule has 1 aromatic carbocycles. The molecular weight excluding hydrogens is 258 g/mol. The van der Waals surface area contributed by atoms with Crippen LogP contribution in [0.25, 0.3) is 0 Å². The van der Waals surface area contributed by atoms with Gasteiger partial charge < -0.3 is 10.1 Å². The van der Waals surface area contributed by atoms with Gasteiger partial charge in [0.15, 0.2) is 0 Å². The van der Waals surface area contributed by atoms with Crippen LogP contribution in [0.2, 0.25) is 5.02 Å². The molecule has 3 heteroatoms. The molecule has 19 heavy (non-hydrogen) atoms. The summed E-state index contributed by atoms with van der Waals surface area (Å²) >= 11 is 6.03. The molecule has 104 valence electrons. The molecular formula is C16H22ClNO. The number of rotatable bonds is 3. The van der Waals surface area contributed by atoms with Crippen LogP contribution in [0.4, 0.5) is 0 Å². The summed E-state index contributed by atoms with van der Waals surface area (Å²) < 4.78 is 6.23. The molecule has 0 bridgehead atoms. The van der Waals surface area contributed by atoms with Crippen molar-refractivity contribution in [1.82, 2.24) is 5.32 Å². The van der Waals surface area contributed by atoms with Gasteiger partial charge in [-0.25, -0.2) is 0 Å². The lowest BCUT2D eigenvalue weighted by atomic mass is 9.55. The maximum atomic E-state index is 6.23. The van der Waals surface area contributed by atoms with Crippen molar-refractivity contribution in [2.24, 2.45) is 5.41 Å². The third-order valence-electron chi connectivity index (χ3n) is 4.99. The third-order valence-corrected chi connectivity index (χ3v) is 5.23. The summed E-state index contributed by atoms with van der Waals surface area (Å²) in [5.74, 6) is 0.914. The first-order valence-corrected chi connectivity index (χ1v) is 7.72. The first-order valence-electron chi connectivity index (χ1n) is 7.34. The van der Waals surface area contributed by atoms with Gasteiger partial charge in [-0.2, -0.15) is 0 Å². The Balaban J connectivity index is 1.74. The van der Waals surface area contributed by atoms with Crippen molar-refractivity contribution in [2.75, 3.05) is 7.05 Å². The van der Waals surface area contributed by atoms with Gasteiger partial charge in [-0.15, -0.1) is 0 Å². The van der Waals surface area contributed by atoms with Crippen molar-refractivity contribution in [3.63, 3.8) is 0 Å². The van der Waals surface area contributed by atoms with Crippen molar-refractivity contribution in [2.45, 2.75) is 50.7 Å². The summed E-state index contributed by atoms with van der Waals surface area (Å²) in [6, 6.07) is 8.40. The maximum Gasteiger partial charge on any atom is 0.121 e. The molecule has 0 amide bonds. The molecule has 1 spiro atoms. The lowest BCUT2D eigenvalue weighted by Gasteiger charge is -2.57. The number of hydrogen-bond donors (Lipinski definition) is 1. The molecule has 2 fully saturated rings. The van der Waals surface area contributed by atoms with Gasteiger partial charge in [0.2, 0.25) is 0 Å². The molecule has 2 aliphatic rings. The Hall–Kier alpha value is -0.730. The Bertz CT molecular complexity index is 442. The Labute approximate surface area is 120 Å². The lowest BCUT2D eigenvalue weighted by molar-refractivity contribution is -0.100. The van der Waals surface area contributed by atoms with Gasteiger partial charge >= 0.3 is 0 Å². The molecule has 2 nitrogen and oxygen atoms in total. The number of benzene rings is 1. The number of hydrogen-bond acceptors (Lipinski definition) is 2. The highest BCUT2D eigenvalue weighted by atomic mass is 35.5. The minimum absolute atomic E-state index is 0.351. The van der Waals surface area contributed by atoms with Crippen molar-refractivity contribution < 1.29 is 4.74 Å². The van der Waals surface area contributed by atoms with Gasteiger partial charge in [0.25, 0.3) is 0 Å². The highest BCUT2D eigenvalue weighted by Gasteiger charge is 2.55. The Kier molecular flexibility index (Phi) is 3.72. The van der Waals surface area contributed by atoms with Crippen LogP contribution < -0.4 is 10.1 Å². The zero-order chi connectivity index (χ0) is 13.3. The monoisotopic (exact) mass is 279 g/mol. The summed E-state index contributed by atoms with van der Waals surface area (Å²) in [7, 11) is 2.08. The summed E-state index contributed by atoms with van der Waals surface area (Å²) in [6.45, 7) is 0. The molecule has 2 atom stereocenters. The van der Waals surface area contributed by atoms with E-state index in [1.54, 1.807) is 0 Å². The van der Waals surface area contributed by atoms with Crippen molar-refractivity contribution in [3.8, 4) is 5.75 Å². The Morgan fingerprint density at radius 1 is 1.26 bits per heavy atom. The molecule has 1 N–H and O–H groups in total. The van der Waals surface area contributed by atoms with Gasteiger partial charge in [0, 0.05) is 22.9 Å². The van der Waals surface area contributed by atoms with Gasteiger partial charge in [0.05, 0.1) is 0 Å². The molecule has 0 heterocycles. The Morgan fingerprint density at radius 2 is 2.05 bits per heavy atom. The van der Waals surface area contributed by atoms with E-state index in [0.29, 0.717) is 17.6 Å². The third kappa shape index (κ3) is 2.36. The highest BCUT2D eigenvalue weighted by Crippen LogP contribution is 2.53. The summed E-state index contributed by atoms with van der Waals surface area (Å²) in [6.07, 6.45) is 8.11. The normalized spacial score (nSPS) is 28.9. The molecule has 2 aliphatic carbocycles. The zero-order valence-corrected chi connectivity index (χ0v) is 12.2. The SMILES string of the molecule is CNC1CC(Oc2cccc(Cl)c2)C12CCCCC2. The van der Waals surface area contributed by atoms with Crippen LogP contribution in [0.15, 0.2) is 24.3 Å². The Morgan fingerprint density at radius 3 is 2.74 bits per heavy atom. The number of nitrogens with one attached hydrogen (secondary N) is 1. The fourth-order valence-corrected chi connectivity index (χ4v) is 4.08. The first kappa shape index (κ1) is 13.3. The van der Waals surface area contributed by atoms with Crippen molar-refractivity contribution in [1.29, 1.82) is 0 Å². The fourth-order valence-electron chi connectivity index (χ4n) is 3.90. The average Bonchev–Trinajstić information content (AvgIpc) is 2.44. The van der Waals surface area contributed by atoms with Crippen LogP contribution in [0, 0.1) is 5.41 Å². The van der Waals surface area contributed by atoms with E-state index in [4.69, 9.17) is 16.3 Å². The minimum Gasteiger partial charge on any atom is -0.490 e. The first-order chi connectivity index (χ1) is 9.24. The second kappa shape index (κ2) is 5.34. The number of ether oxygens (including phenoxy) is 1. The van der Waals surface area contributed by atoms with E-state index in [2.05, 4.69) is 12.4 Å². The largest absolute Gasteiger partial charge is 0.490 e. The maximum absolute atomic E-state index is 6.23. The van der Waals surface area contributed by atoms with Crippen LogP contribution in [0.3, 0.4) is 0 Å². The minimum atomic E-state index is 0.351. The number of halogens is 1. The predicted octanol–water partition coefficient (Wildman–Crippen LogP) is 4.03. The highest BCUT2D eigenvalue weighted by molar-refractivity contribution is 6.30. The molecule has 2 saturated carbocycles. The zero-order valence-electron chi connectivity index (χ0n) is 11.5. The van der Waals surface area contributed by atoms with E-state index in [1.165, 1.54) is 32.1 Å². The molecule has 0 radical (unpaired) electrons. The molecule has 1 aromatic rings. The van der Waals surface area contributed by atoms with E-state index in [1.807, 2.05) is 24.3 Å². The van der Waals surface area contributed by atoms with Crippen LogP contribution >= 0.6 is 11.6 Å². The fraction of sp³-hybridized carbons (Fsp3) is 0.625. The van der Waals surface area contributed by atoms with Crippen LogP contribution in [0.5, 0.6) is 5.75 Å². The molecule has 2 unspecified atom stereocenters. The molecule has 0 aliphatic heterocycles. The van der Waals surface area contributed by atoms with E-state index in [-0.39, 0.29) is 0 Å². The van der Waals surface area contributed by atoms with Gasteiger partial charge in [-0.3, -0.25) is 0 Å². The topological polar surface area (TPSA) is 21.3 Å². The second-order valence-electron chi connectivity index (χ2n) is 5.93. The lowest BCUT2D eigenvalue weighted by Crippen LogP contribution is -2.64. The van der Waals surface area contributed by atoms with Crippen LogP contribution in [0.1, 0.15) is 38.5 Å². The summed E-state index contributed by atoms with van der Waals surface area (Å²) in [4.78, 5) is 0. The predicted molar refractivity (Wildman–Crippen MR) is 78.9 cm³/mol. The average molecular weight is 280 g/mol. The van der Waals surface area contributed by atoms with Gasteiger partial charge in [-0.05, 0) is 38.1 Å². The smallest absolute Gasteiger partial charge is 0.121 e. The van der Waals surface area contributed by atoms with Crippen molar-refractivity contribution in [3.05, 3.63) is 29.3 Å². The van der Waals surface area contributed by atoms with E-state index < -0.39 is 0 Å². The quantitative estimate of drug-likeness (QED) is 0.902. The van der Waals surface area contributed by atoms with Crippen LogP contribution in [-0.2, 0) is 0 Å². The standard InChI is InChI=1S/C16H22ClNO/c1-18-14-11-15(16(14)8-3-2-4-9-16)19-13-7-5-6-12(17)10-13/h5-7,10,14-15,18H,2-4,8-9,11H2,1H3. The van der Waals surface area contributed by atoms with E-state index >= 15 is 0 Å². The van der Waals surface area contributed by atoms with Crippen molar-refractivity contribution >= 4 is 11.6 Å². The second-order valence-corrected chi connectivity index (χ2v) is 6.37. The van der Waals surface area contributed by atoms with Gasteiger partial charge in [0.1, 0.15) is 11.9 Å². The molecule has 3 rings (SSSR count). The molecule has 0 aromatic heterocycles. The molecule has 0 saturated heterocycles.